The summed E-state index contributed by atoms with van der Waals surface area (Å²) in [5.74, 6) is 0.438. The molecule has 0 radical (unpaired) electrons. The zero-order valence-corrected chi connectivity index (χ0v) is 14.9. The van der Waals surface area contributed by atoms with Crippen molar-refractivity contribution in [3.8, 4) is 0 Å². The molecule has 134 valence electrons. The van der Waals surface area contributed by atoms with Crippen LogP contribution in [0.25, 0.3) is 0 Å². The zero-order valence-electron chi connectivity index (χ0n) is 14.9. The average Bonchev–Trinajstić information content (AvgIpc) is 3.40. The Bertz CT molecular complexity index is 818. The molecule has 6 unspecified atom stereocenters. The molecule has 5 nitrogen and oxygen atoms in total. The van der Waals surface area contributed by atoms with E-state index in [9.17, 15) is 14.4 Å². The zero-order chi connectivity index (χ0) is 18.2. The van der Waals surface area contributed by atoms with E-state index in [1.165, 1.54) is 4.90 Å². The van der Waals surface area contributed by atoms with Crippen molar-refractivity contribution in [3.63, 3.8) is 0 Å². The monoisotopic (exact) mass is 350 g/mol. The van der Waals surface area contributed by atoms with Gasteiger partial charge in [-0.05, 0) is 55.1 Å². The van der Waals surface area contributed by atoms with Crippen LogP contribution in [-0.2, 0) is 14.4 Å². The molecule has 2 saturated carbocycles. The second-order valence-electron chi connectivity index (χ2n) is 8.23. The van der Waals surface area contributed by atoms with E-state index < -0.39 is 0 Å². The number of amides is 3. The normalized spacial score (nSPS) is 36.2. The molecule has 0 spiro atoms. The van der Waals surface area contributed by atoms with Gasteiger partial charge in [-0.2, -0.15) is 0 Å². The number of nitrogens with zero attached hydrogens (tertiary/aromatic N) is 1. The third-order valence-electron chi connectivity index (χ3n) is 6.80. The third kappa shape index (κ3) is 2.06. The van der Waals surface area contributed by atoms with Gasteiger partial charge < -0.3 is 5.32 Å². The topological polar surface area (TPSA) is 66.5 Å². The van der Waals surface area contributed by atoms with Gasteiger partial charge in [-0.25, -0.2) is 0 Å². The number of hydrogen-bond donors (Lipinski definition) is 1. The lowest BCUT2D eigenvalue weighted by Crippen LogP contribution is -2.40. The number of benzene rings is 1. The molecular formula is C21H22N2O3. The highest BCUT2D eigenvalue weighted by molar-refractivity contribution is 6.09. The fraction of sp³-hybridized carbons (Fsp3) is 0.476. The lowest BCUT2D eigenvalue weighted by molar-refractivity contribution is -0.142. The number of hydrogen-bond acceptors (Lipinski definition) is 3. The molecule has 0 aromatic heterocycles. The summed E-state index contributed by atoms with van der Waals surface area (Å²) in [5, 5.41) is 2.88. The van der Waals surface area contributed by atoms with Crippen LogP contribution in [-0.4, -0.2) is 29.2 Å². The summed E-state index contributed by atoms with van der Waals surface area (Å²) < 4.78 is 0. The van der Waals surface area contributed by atoms with E-state index in [2.05, 4.69) is 17.5 Å². The molecule has 4 aliphatic carbocycles. The lowest BCUT2D eigenvalue weighted by Gasteiger charge is -2.37. The Hall–Kier alpha value is -2.43. The summed E-state index contributed by atoms with van der Waals surface area (Å²) in [7, 11) is 0. The second kappa shape index (κ2) is 5.29. The number of anilines is 1. The number of carbonyl (C=O) groups excluding carboxylic acids is 3. The fourth-order valence-electron chi connectivity index (χ4n) is 5.51. The van der Waals surface area contributed by atoms with Crippen LogP contribution in [0.3, 0.4) is 0 Å². The average molecular weight is 350 g/mol. The molecule has 1 aromatic rings. The minimum atomic E-state index is -0.312. The van der Waals surface area contributed by atoms with E-state index in [0.717, 1.165) is 23.2 Å². The largest absolute Gasteiger partial charge is 0.324 e. The van der Waals surface area contributed by atoms with Crippen molar-refractivity contribution in [2.45, 2.75) is 20.3 Å². The fourth-order valence-corrected chi connectivity index (χ4v) is 5.51. The highest BCUT2D eigenvalue weighted by Gasteiger charge is 2.67. The van der Waals surface area contributed by atoms with Crippen molar-refractivity contribution < 1.29 is 14.4 Å². The first kappa shape index (κ1) is 15.8. The summed E-state index contributed by atoms with van der Waals surface area (Å²) in [6.45, 7) is 3.67. The summed E-state index contributed by atoms with van der Waals surface area (Å²) in [6, 6.07) is 5.80. The van der Waals surface area contributed by atoms with Crippen LogP contribution in [0.4, 0.5) is 5.69 Å². The lowest BCUT2D eigenvalue weighted by atomic mass is 9.63. The number of rotatable bonds is 3. The summed E-state index contributed by atoms with van der Waals surface area (Å²) in [5.41, 5.74) is 2.69. The molecule has 5 aliphatic rings. The van der Waals surface area contributed by atoms with Crippen molar-refractivity contribution in [1.29, 1.82) is 0 Å². The maximum Gasteiger partial charge on any atom is 0.244 e. The first-order valence-corrected chi connectivity index (χ1v) is 9.37. The number of nitrogens with one attached hydrogen (secondary N) is 1. The molecule has 1 N–H and O–H groups in total. The Morgan fingerprint density at radius 2 is 1.58 bits per heavy atom. The maximum atomic E-state index is 12.9. The van der Waals surface area contributed by atoms with E-state index >= 15 is 0 Å². The van der Waals surface area contributed by atoms with Gasteiger partial charge in [0.15, 0.2) is 0 Å². The van der Waals surface area contributed by atoms with Crippen LogP contribution in [0, 0.1) is 49.4 Å². The van der Waals surface area contributed by atoms with E-state index in [4.69, 9.17) is 0 Å². The Balaban J connectivity index is 1.35. The van der Waals surface area contributed by atoms with Gasteiger partial charge in [0.1, 0.15) is 6.54 Å². The van der Waals surface area contributed by atoms with Crippen LogP contribution in [0.2, 0.25) is 0 Å². The third-order valence-corrected chi connectivity index (χ3v) is 6.80. The number of imide groups is 1. The van der Waals surface area contributed by atoms with Crippen LogP contribution in [0.1, 0.15) is 17.5 Å². The maximum absolute atomic E-state index is 12.9. The molecule has 26 heavy (non-hydrogen) atoms. The molecule has 1 saturated heterocycles. The van der Waals surface area contributed by atoms with E-state index in [-0.39, 0.29) is 47.9 Å². The van der Waals surface area contributed by atoms with Crippen LogP contribution in [0.5, 0.6) is 0 Å². The summed E-state index contributed by atoms with van der Waals surface area (Å²) in [6.07, 6.45) is 5.43. The van der Waals surface area contributed by atoms with Crippen molar-refractivity contribution in [2.24, 2.45) is 35.5 Å². The minimum absolute atomic E-state index is 0.152. The molecular weight excluding hydrogens is 328 g/mol. The molecule has 1 heterocycles. The van der Waals surface area contributed by atoms with E-state index in [0.29, 0.717) is 11.8 Å². The number of aryl methyl sites for hydroxylation is 2. The van der Waals surface area contributed by atoms with Crippen molar-refractivity contribution >= 4 is 23.4 Å². The van der Waals surface area contributed by atoms with Gasteiger partial charge in [-0.3, -0.25) is 19.3 Å². The Kier molecular flexibility index (Phi) is 3.21. The standard InChI is InChI=1S/C21H22N2O3/c1-10-4-3-5-11(2)19(10)22-16(24)9-23-20(25)17-12-6-7-13(15-8-14(12)15)18(17)21(23)26/h3-7,12-15,17-18H,8-9H2,1-2H3,(H,22,24). The predicted octanol–water partition coefficient (Wildman–Crippen LogP) is 2.30. The van der Waals surface area contributed by atoms with Crippen LogP contribution < -0.4 is 5.32 Å². The van der Waals surface area contributed by atoms with Gasteiger partial charge >= 0.3 is 0 Å². The van der Waals surface area contributed by atoms with E-state index in [1.54, 1.807) is 0 Å². The molecule has 3 fully saturated rings. The Labute approximate surface area is 152 Å². The SMILES string of the molecule is Cc1cccc(C)c1NC(=O)CN1C(=O)C2C3C=CC(C4CC34)C2C1=O. The number of carbonyl (C=O) groups is 3. The first-order chi connectivity index (χ1) is 12.5. The Morgan fingerprint density at radius 3 is 2.12 bits per heavy atom. The van der Waals surface area contributed by atoms with Gasteiger partial charge in [0.05, 0.1) is 11.8 Å². The first-order valence-electron chi connectivity index (χ1n) is 9.37. The Morgan fingerprint density at radius 1 is 1.04 bits per heavy atom. The smallest absolute Gasteiger partial charge is 0.244 e. The molecule has 1 aliphatic heterocycles. The molecule has 5 heteroatoms. The van der Waals surface area contributed by atoms with Gasteiger partial charge in [0.2, 0.25) is 17.7 Å². The highest BCUT2D eigenvalue weighted by atomic mass is 16.2. The van der Waals surface area contributed by atoms with Gasteiger partial charge in [-0.15, -0.1) is 0 Å². The van der Waals surface area contributed by atoms with Gasteiger partial charge in [-0.1, -0.05) is 30.4 Å². The van der Waals surface area contributed by atoms with Gasteiger partial charge in [0, 0.05) is 5.69 Å². The summed E-state index contributed by atoms with van der Waals surface area (Å²) in [4.78, 5) is 39.6. The minimum Gasteiger partial charge on any atom is -0.324 e. The molecule has 3 amide bonds. The van der Waals surface area contributed by atoms with Crippen molar-refractivity contribution in [3.05, 3.63) is 41.5 Å². The summed E-state index contributed by atoms with van der Waals surface area (Å²) >= 11 is 0. The second-order valence-corrected chi connectivity index (χ2v) is 8.23. The van der Waals surface area contributed by atoms with Crippen LogP contribution in [0.15, 0.2) is 30.4 Å². The quantitative estimate of drug-likeness (QED) is 0.672. The number of likely N-dealkylation sites (tertiary alicyclic amines) is 1. The van der Waals surface area contributed by atoms with Crippen molar-refractivity contribution in [2.75, 3.05) is 11.9 Å². The molecule has 1 aromatic carbocycles. The number of allylic oxidation sites excluding steroid dienone is 2. The van der Waals surface area contributed by atoms with Crippen molar-refractivity contribution in [1.82, 2.24) is 4.90 Å². The van der Waals surface area contributed by atoms with Crippen LogP contribution >= 0.6 is 0 Å². The molecule has 2 bridgehead atoms. The highest BCUT2D eigenvalue weighted by Crippen LogP contribution is 2.65. The molecule has 6 rings (SSSR count). The van der Waals surface area contributed by atoms with E-state index in [1.807, 2.05) is 32.0 Å². The molecule has 6 atom stereocenters. The van der Waals surface area contributed by atoms with Gasteiger partial charge in [0.25, 0.3) is 0 Å². The predicted molar refractivity (Wildman–Crippen MR) is 96.0 cm³/mol. The number of para-hydroxylation sites is 1.